The van der Waals surface area contributed by atoms with Gasteiger partial charge in [-0.3, -0.25) is 0 Å². The second-order valence-electron chi connectivity index (χ2n) is 6.28. The van der Waals surface area contributed by atoms with Crippen LogP contribution in [0.2, 0.25) is 0 Å². The van der Waals surface area contributed by atoms with Crippen molar-refractivity contribution < 1.29 is 4.79 Å². The molecule has 0 saturated carbocycles. The summed E-state index contributed by atoms with van der Waals surface area (Å²) in [5.74, 6) is 0. The summed E-state index contributed by atoms with van der Waals surface area (Å²) >= 11 is 0. The molecule has 0 atom stereocenters. The zero-order valence-electron chi connectivity index (χ0n) is 15.4. The summed E-state index contributed by atoms with van der Waals surface area (Å²) in [5, 5.41) is 4.07. The maximum atomic E-state index is 12.0. The van der Waals surface area contributed by atoms with Crippen molar-refractivity contribution in [1.82, 2.24) is 10.2 Å². The monoisotopic (exact) mass is 311 g/mol. The molecular weight excluding hydrogens is 272 g/mol. The zero-order valence-corrected chi connectivity index (χ0v) is 15.4. The minimum absolute atomic E-state index is 0.00427. The molecule has 0 aromatic heterocycles. The van der Waals surface area contributed by atoms with E-state index in [-0.39, 0.29) is 6.03 Å². The highest BCUT2D eigenvalue weighted by Crippen LogP contribution is 2.09. The van der Waals surface area contributed by atoms with Crippen LogP contribution in [0.3, 0.4) is 0 Å². The van der Waals surface area contributed by atoms with E-state index in [1.165, 1.54) is 64.2 Å². The molecule has 0 aliphatic rings. The van der Waals surface area contributed by atoms with Gasteiger partial charge in [0, 0.05) is 19.6 Å². The minimum Gasteiger partial charge on any atom is -0.323 e. The molecule has 0 aromatic carbocycles. The number of urea groups is 1. The van der Waals surface area contributed by atoms with E-state index in [9.17, 15) is 4.79 Å². The van der Waals surface area contributed by atoms with Crippen LogP contribution in [-0.2, 0) is 0 Å². The summed E-state index contributed by atoms with van der Waals surface area (Å²) in [5.41, 5.74) is 0. The molecule has 0 aromatic rings. The van der Waals surface area contributed by atoms with E-state index in [1.807, 2.05) is 11.8 Å². The molecule has 2 amide bonds. The van der Waals surface area contributed by atoms with Gasteiger partial charge in [0.15, 0.2) is 0 Å². The molecule has 0 spiro atoms. The maximum Gasteiger partial charge on any atom is 0.338 e. The van der Waals surface area contributed by atoms with Crippen LogP contribution in [0.25, 0.3) is 0 Å². The number of hydrogen-bond acceptors (Lipinski definition) is 1. The van der Waals surface area contributed by atoms with Crippen molar-refractivity contribution in [2.45, 2.75) is 97.8 Å². The van der Waals surface area contributed by atoms with E-state index in [4.69, 9.17) is 0 Å². The van der Waals surface area contributed by atoms with Gasteiger partial charge in [-0.15, -0.1) is 0 Å². The fraction of sp³-hybridized carbons (Fsp3) is 0.947. The summed E-state index contributed by atoms with van der Waals surface area (Å²) in [6.45, 7) is 8.81. The molecule has 0 unspecified atom stereocenters. The molecule has 0 N–H and O–H groups in total. The highest BCUT2D eigenvalue weighted by atomic mass is 16.2. The molecular formula is C19H39N2O. The van der Waals surface area contributed by atoms with Gasteiger partial charge in [0.1, 0.15) is 0 Å². The SMILES string of the molecule is CCCCCCCCN(CCCCCCCC)C(=O)[N]CC. The van der Waals surface area contributed by atoms with E-state index in [1.54, 1.807) is 0 Å². The van der Waals surface area contributed by atoms with Crippen LogP contribution in [0.15, 0.2) is 0 Å². The summed E-state index contributed by atoms with van der Waals surface area (Å²) in [6, 6.07) is 0.00427. The van der Waals surface area contributed by atoms with E-state index < -0.39 is 0 Å². The minimum atomic E-state index is 0.00427. The topological polar surface area (TPSA) is 34.4 Å². The number of carbonyl (C=O) groups excluding carboxylic acids is 1. The predicted molar refractivity (Wildman–Crippen MR) is 96.4 cm³/mol. The van der Waals surface area contributed by atoms with Crippen molar-refractivity contribution in [3.8, 4) is 0 Å². The third-order valence-corrected chi connectivity index (χ3v) is 4.13. The summed E-state index contributed by atoms with van der Waals surface area (Å²) in [4.78, 5) is 14.0. The Hall–Kier alpha value is -0.730. The van der Waals surface area contributed by atoms with Crippen molar-refractivity contribution >= 4 is 6.03 Å². The summed E-state index contributed by atoms with van der Waals surface area (Å²) in [6.07, 6.45) is 15.3. The Kier molecular flexibility index (Phi) is 16.1. The van der Waals surface area contributed by atoms with E-state index in [0.717, 1.165) is 25.9 Å². The molecule has 3 heteroatoms. The summed E-state index contributed by atoms with van der Waals surface area (Å²) in [7, 11) is 0. The van der Waals surface area contributed by atoms with Crippen LogP contribution in [0.4, 0.5) is 4.79 Å². The molecule has 0 aliphatic carbocycles. The lowest BCUT2D eigenvalue weighted by Crippen LogP contribution is -2.37. The van der Waals surface area contributed by atoms with Crippen molar-refractivity contribution in [3.05, 3.63) is 0 Å². The second kappa shape index (κ2) is 16.6. The third kappa shape index (κ3) is 13.0. The Morgan fingerprint density at radius 2 is 1.09 bits per heavy atom. The van der Waals surface area contributed by atoms with Crippen LogP contribution in [0.5, 0.6) is 0 Å². The first-order valence-electron chi connectivity index (χ1n) is 9.72. The lowest BCUT2D eigenvalue weighted by Gasteiger charge is -2.21. The van der Waals surface area contributed by atoms with Crippen LogP contribution < -0.4 is 5.32 Å². The average molecular weight is 312 g/mol. The van der Waals surface area contributed by atoms with Gasteiger partial charge < -0.3 is 4.90 Å². The van der Waals surface area contributed by atoms with Gasteiger partial charge >= 0.3 is 6.03 Å². The van der Waals surface area contributed by atoms with E-state index in [0.29, 0.717) is 6.54 Å². The molecule has 0 heterocycles. The van der Waals surface area contributed by atoms with Crippen molar-refractivity contribution in [1.29, 1.82) is 0 Å². The molecule has 0 saturated heterocycles. The number of hydrogen-bond donors (Lipinski definition) is 0. The van der Waals surface area contributed by atoms with Crippen molar-refractivity contribution in [2.75, 3.05) is 19.6 Å². The highest BCUT2D eigenvalue weighted by molar-refractivity contribution is 5.73. The molecule has 1 radical (unpaired) electrons. The van der Waals surface area contributed by atoms with Crippen LogP contribution in [-0.4, -0.2) is 30.6 Å². The molecule has 3 nitrogen and oxygen atoms in total. The second-order valence-corrected chi connectivity index (χ2v) is 6.28. The van der Waals surface area contributed by atoms with Gasteiger partial charge in [-0.25, -0.2) is 10.1 Å². The van der Waals surface area contributed by atoms with Gasteiger partial charge in [0.2, 0.25) is 0 Å². The lowest BCUT2D eigenvalue weighted by molar-refractivity contribution is 0.194. The molecule has 0 aliphatic heterocycles. The Morgan fingerprint density at radius 1 is 0.682 bits per heavy atom. The summed E-state index contributed by atoms with van der Waals surface area (Å²) < 4.78 is 0. The fourth-order valence-corrected chi connectivity index (χ4v) is 2.70. The van der Waals surface area contributed by atoms with Crippen LogP contribution in [0, 0.1) is 0 Å². The zero-order chi connectivity index (χ0) is 16.5. The van der Waals surface area contributed by atoms with Crippen molar-refractivity contribution in [3.63, 3.8) is 0 Å². The first-order valence-corrected chi connectivity index (χ1v) is 9.72. The Labute approximate surface area is 139 Å². The normalized spacial score (nSPS) is 10.7. The molecule has 0 bridgehead atoms. The largest absolute Gasteiger partial charge is 0.338 e. The van der Waals surface area contributed by atoms with Crippen molar-refractivity contribution in [2.24, 2.45) is 0 Å². The number of amides is 2. The average Bonchev–Trinajstić information content (AvgIpc) is 2.52. The maximum absolute atomic E-state index is 12.0. The number of carbonyl (C=O) groups is 1. The smallest absolute Gasteiger partial charge is 0.323 e. The molecule has 22 heavy (non-hydrogen) atoms. The van der Waals surface area contributed by atoms with Crippen LogP contribution >= 0.6 is 0 Å². The molecule has 0 rings (SSSR count). The number of unbranched alkanes of at least 4 members (excludes halogenated alkanes) is 10. The number of nitrogens with zero attached hydrogens (tertiary/aromatic N) is 2. The highest BCUT2D eigenvalue weighted by Gasteiger charge is 2.12. The third-order valence-electron chi connectivity index (χ3n) is 4.13. The first kappa shape index (κ1) is 21.3. The van der Waals surface area contributed by atoms with Crippen LogP contribution in [0.1, 0.15) is 97.8 Å². The standard InChI is InChI=1S/C19H39N2O/c1-4-7-9-11-13-15-17-21(19(22)20-6-3)18-16-14-12-10-8-5-2/h4-18H2,1-3H3. The van der Waals surface area contributed by atoms with Gasteiger partial charge in [0.25, 0.3) is 0 Å². The fourth-order valence-electron chi connectivity index (χ4n) is 2.70. The Morgan fingerprint density at radius 3 is 1.50 bits per heavy atom. The first-order chi connectivity index (χ1) is 10.8. The molecule has 0 fully saturated rings. The van der Waals surface area contributed by atoms with Gasteiger partial charge in [-0.2, -0.15) is 0 Å². The van der Waals surface area contributed by atoms with E-state index >= 15 is 0 Å². The predicted octanol–water partition coefficient (Wildman–Crippen LogP) is 5.75. The van der Waals surface area contributed by atoms with Gasteiger partial charge in [0.05, 0.1) is 0 Å². The quantitative estimate of drug-likeness (QED) is 0.354. The van der Waals surface area contributed by atoms with Gasteiger partial charge in [-0.1, -0.05) is 78.1 Å². The Balaban J connectivity index is 3.82. The number of rotatable bonds is 15. The van der Waals surface area contributed by atoms with Gasteiger partial charge in [-0.05, 0) is 19.8 Å². The molecule has 131 valence electrons. The Bertz CT molecular complexity index is 228. The van der Waals surface area contributed by atoms with E-state index in [2.05, 4.69) is 19.2 Å². The lowest BCUT2D eigenvalue weighted by atomic mass is 10.1.